The largest absolute Gasteiger partial charge is 0.352 e. The first kappa shape index (κ1) is 12.3. The molecule has 0 aliphatic heterocycles. The van der Waals surface area contributed by atoms with E-state index in [2.05, 4.69) is 5.32 Å². The summed E-state index contributed by atoms with van der Waals surface area (Å²) in [6.45, 7) is 0.185. The molecule has 1 amide bonds. The van der Waals surface area contributed by atoms with Gasteiger partial charge in [-0.25, -0.2) is 5.11 Å². The number of nitrogens with one attached hydrogen (secondary N) is 1. The summed E-state index contributed by atoms with van der Waals surface area (Å²) in [5.41, 5.74) is 0.440. The van der Waals surface area contributed by atoms with Gasteiger partial charge < -0.3 is 5.32 Å². The zero-order valence-corrected chi connectivity index (χ0v) is 9.44. The van der Waals surface area contributed by atoms with Crippen LogP contribution in [0.4, 0.5) is 0 Å². The van der Waals surface area contributed by atoms with Crippen molar-refractivity contribution in [3.05, 3.63) is 33.8 Å². The van der Waals surface area contributed by atoms with Crippen LogP contribution in [-0.2, 0) is 5.11 Å². The van der Waals surface area contributed by atoms with Gasteiger partial charge in [0.05, 0.1) is 16.7 Å². The molecule has 0 saturated carbocycles. The molecule has 0 spiro atoms. The van der Waals surface area contributed by atoms with Crippen molar-refractivity contribution in [1.29, 1.82) is 0 Å². The Morgan fingerprint density at radius 2 is 2.00 bits per heavy atom. The molecule has 0 bridgehead atoms. The Morgan fingerprint density at radius 3 is 2.60 bits per heavy atom. The molecule has 0 saturated heterocycles. The molecule has 0 aromatic heterocycles. The van der Waals surface area contributed by atoms with Crippen LogP contribution in [0.1, 0.15) is 16.8 Å². The first-order valence-corrected chi connectivity index (χ1v) is 5.22. The van der Waals surface area contributed by atoms with E-state index < -0.39 is 0 Å². The number of rotatable bonds is 4. The first-order chi connectivity index (χ1) is 7.15. The highest BCUT2D eigenvalue weighted by atomic mass is 35.5. The van der Waals surface area contributed by atoms with E-state index in [0.29, 0.717) is 28.6 Å². The molecule has 15 heavy (non-hydrogen) atoms. The molecule has 0 unspecified atom stereocenters. The number of hydrogen-bond acceptors (Lipinski definition) is 1. The lowest BCUT2D eigenvalue weighted by Gasteiger charge is -2.04. The summed E-state index contributed by atoms with van der Waals surface area (Å²) in [5.74, 6) is -0.248. The number of hydrogen-bond donors (Lipinski definition) is 1. The molecule has 0 heterocycles. The fourth-order valence-electron chi connectivity index (χ4n) is 1.01. The van der Waals surface area contributed by atoms with Crippen LogP contribution in [0.15, 0.2) is 18.2 Å². The minimum Gasteiger partial charge on any atom is -0.352 e. The summed E-state index contributed by atoms with van der Waals surface area (Å²) < 4.78 is 0. The Labute approximate surface area is 98.0 Å². The van der Waals surface area contributed by atoms with Crippen molar-refractivity contribution in [1.82, 2.24) is 5.32 Å². The van der Waals surface area contributed by atoms with Gasteiger partial charge in [-0.1, -0.05) is 23.2 Å². The zero-order valence-electron chi connectivity index (χ0n) is 7.93. The van der Waals surface area contributed by atoms with Gasteiger partial charge in [-0.05, 0) is 24.6 Å². The Hall–Kier alpha value is -0.770. The van der Waals surface area contributed by atoms with Crippen LogP contribution in [0.2, 0.25) is 10.0 Å². The molecule has 1 aromatic carbocycles. The van der Waals surface area contributed by atoms with Gasteiger partial charge in [0.15, 0.2) is 0 Å². The van der Waals surface area contributed by atoms with Crippen LogP contribution in [0.3, 0.4) is 0 Å². The van der Waals surface area contributed by atoms with E-state index in [-0.39, 0.29) is 12.5 Å². The second-order valence-electron chi connectivity index (χ2n) is 2.94. The van der Waals surface area contributed by atoms with Gasteiger partial charge >= 0.3 is 0 Å². The van der Waals surface area contributed by atoms with Gasteiger partial charge in [-0.2, -0.15) is 0 Å². The summed E-state index contributed by atoms with van der Waals surface area (Å²) in [6.07, 6.45) is 0.424. The molecular weight excluding hydrogens is 237 g/mol. The van der Waals surface area contributed by atoms with Crippen molar-refractivity contribution in [3.63, 3.8) is 0 Å². The molecule has 0 atom stereocenters. The molecule has 81 valence electrons. The number of carbonyl (C=O) groups excluding carboxylic acids is 1. The minimum atomic E-state index is -0.248. The minimum absolute atomic E-state index is 0.193. The highest BCUT2D eigenvalue weighted by Crippen LogP contribution is 2.22. The molecule has 3 nitrogen and oxygen atoms in total. The average molecular weight is 247 g/mol. The lowest BCUT2D eigenvalue weighted by Crippen LogP contribution is -2.24. The Kier molecular flexibility index (Phi) is 4.88. The summed E-state index contributed by atoms with van der Waals surface area (Å²) in [7, 11) is 0. The lowest BCUT2D eigenvalue weighted by molar-refractivity contribution is 0.0948. The second-order valence-corrected chi connectivity index (χ2v) is 3.76. The number of halogens is 2. The fourth-order valence-corrected chi connectivity index (χ4v) is 1.31. The average Bonchev–Trinajstić information content (AvgIpc) is 2.22. The third-order valence-electron chi connectivity index (χ3n) is 1.79. The highest BCUT2D eigenvalue weighted by Gasteiger charge is 2.06. The molecule has 1 radical (unpaired) electrons. The van der Waals surface area contributed by atoms with Crippen molar-refractivity contribution in [2.24, 2.45) is 0 Å². The monoisotopic (exact) mass is 246 g/mol. The SMILES string of the molecule is [O]CCCNC(=O)c1ccc(Cl)c(Cl)c1. The van der Waals surface area contributed by atoms with Crippen LogP contribution in [-0.4, -0.2) is 19.1 Å². The fraction of sp³-hybridized carbons (Fsp3) is 0.300. The summed E-state index contributed by atoms with van der Waals surface area (Å²) in [6, 6.07) is 4.64. The van der Waals surface area contributed by atoms with Gasteiger partial charge in [0.25, 0.3) is 5.91 Å². The quantitative estimate of drug-likeness (QED) is 0.816. The molecule has 0 fully saturated rings. The van der Waals surface area contributed by atoms with Gasteiger partial charge in [0, 0.05) is 12.1 Å². The van der Waals surface area contributed by atoms with Crippen molar-refractivity contribution in [3.8, 4) is 0 Å². The maximum Gasteiger partial charge on any atom is 0.251 e. The Balaban J connectivity index is 2.62. The number of amides is 1. The van der Waals surface area contributed by atoms with E-state index in [1.165, 1.54) is 6.07 Å². The standard InChI is InChI=1S/C10H10Cl2NO2/c11-8-3-2-7(6-9(8)12)10(15)13-4-1-5-14/h2-3,6H,1,4-5H2,(H,13,15). The molecular formula is C10H10Cl2NO2. The molecule has 1 aromatic rings. The van der Waals surface area contributed by atoms with Crippen LogP contribution >= 0.6 is 23.2 Å². The van der Waals surface area contributed by atoms with E-state index in [4.69, 9.17) is 23.2 Å². The van der Waals surface area contributed by atoms with Crippen LogP contribution in [0.25, 0.3) is 0 Å². The lowest BCUT2D eigenvalue weighted by atomic mass is 10.2. The number of benzene rings is 1. The third-order valence-corrected chi connectivity index (χ3v) is 2.53. The second kappa shape index (κ2) is 5.95. The summed E-state index contributed by atoms with van der Waals surface area (Å²) in [5, 5.41) is 13.5. The van der Waals surface area contributed by atoms with E-state index >= 15 is 0 Å². The van der Waals surface area contributed by atoms with Gasteiger partial charge in [0.2, 0.25) is 0 Å². The zero-order chi connectivity index (χ0) is 11.3. The van der Waals surface area contributed by atoms with Crippen molar-refractivity contribution >= 4 is 29.1 Å². The maximum absolute atomic E-state index is 11.5. The van der Waals surface area contributed by atoms with Crippen LogP contribution < -0.4 is 5.32 Å². The predicted octanol–water partition coefficient (Wildman–Crippen LogP) is 2.54. The Bertz CT molecular complexity index is 355. The van der Waals surface area contributed by atoms with E-state index in [9.17, 15) is 9.90 Å². The molecule has 5 heteroatoms. The van der Waals surface area contributed by atoms with Crippen LogP contribution in [0, 0.1) is 0 Å². The highest BCUT2D eigenvalue weighted by molar-refractivity contribution is 6.42. The topological polar surface area (TPSA) is 49.0 Å². The number of carbonyl (C=O) groups is 1. The molecule has 1 rings (SSSR count). The van der Waals surface area contributed by atoms with Crippen molar-refractivity contribution < 1.29 is 9.90 Å². The van der Waals surface area contributed by atoms with Crippen molar-refractivity contribution in [2.45, 2.75) is 6.42 Å². The molecule has 0 aliphatic carbocycles. The van der Waals surface area contributed by atoms with Crippen LogP contribution in [0.5, 0.6) is 0 Å². The summed E-state index contributed by atoms with van der Waals surface area (Å²) >= 11 is 11.5. The van der Waals surface area contributed by atoms with Gasteiger partial charge in [-0.15, -0.1) is 0 Å². The predicted molar refractivity (Wildman–Crippen MR) is 59.0 cm³/mol. The smallest absolute Gasteiger partial charge is 0.251 e. The van der Waals surface area contributed by atoms with E-state index in [1.807, 2.05) is 0 Å². The van der Waals surface area contributed by atoms with Crippen molar-refractivity contribution in [2.75, 3.05) is 13.2 Å². The maximum atomic E-state index is 11.5. The summed E-state index contributed by atoms with van der Waals surface area (Å²) in [4.78, 5) is 11.5. The van der Waals surface area contributed by atoms with E-state index in [0.717, 1.165) is 0 Å². The van der Waals surface area contributed by atoms with E-state index in [1.54, 1.807) is 12.1 Å². The first-order valence-electron chi connectivity index (χ1n) is 4.46. The molecule has 0 aliphatic rings. The third kappa shape index (κ3) is 3.70. The molecule has 1 N–H and O–H groups in total. The van der Waals surface area contributed by atoms with Gasteiger partial charge in [0.1, 0.15) is 0 Å². The Morgan fingerprint density at radius 1 is 1.27 bits per heavy atom. The van der Waals surface area contributed by atoms with Gasteiger partial charge in [-0.3, -0.25) is 4.79 Å². The normalized spacial score (nSPS) is 10.1.